The van der Waals surface area contributed by atoms with E-state index >= 15 is 0 Å². The minimum absolute atomic E-state index is 0.00646. The Bertz CT molecular complexity index is 1030. The number of carbonyl (C=O) groups excluding carboxylic acids is 1. The topological polar surface area (TPSA) is 86.2 Å². The Balaban J connectivity index is 1.46. The lowest BCUT2D eigenvalue weighted by molar-refractivity contribution is -0.137. The first-order valence-electron chi connectivity index (χ1n) is 11.0. The summed E-state index contributed by atoms with van der Waals surface area (Å²) in [5.41, 5.74) is 5.86. The van der Waals surface area contributed by atoms with E-state index in [2.05, 4.69) is 9.88 Å². The molecule has 1 aromatic heterocycles. The zero-order valence-electron chi connectivity index (χ0n) is 18.1. The predicted octanol–water partition coefficient (Wildman–Crippen LogP) is 3.42. The van der Waals surface area contributed by atoms with Gasteiger partial charge in [-0.15, -0.1) is 0 Å². The van der Waals surface area contributed by atoms with Crippen LogP contribution in [0.25, 0.3) is 0 Å². The summed E-state index contributed by atoms with van der Waals surface area (Å²) < 4.78 is 40.2. The molecule has 9 heteroatoms. The molecule has 1 amide bonds. The van der Waals surface area contributed by atoms with Gasteiger partial charge in [0.2, 0.25) is 5.91 Å². The number of nitrogens with two attached hydrogens (primary N) is 1. The number of primary amides is 1. The number of nitriles is 1. The van der Waals surface area contributed by atoms with Crippen molar-refractivity contribution in [2.75, 3.05) is 31.1 Å². The van der Waals surface area contributed by atoms with Gasteiger partial charge in [-0.05, 0) is 67.6 Å². The molecule has 1 aromatic carbocycles. The number of carbonyl (C=O) groups is 1. The SMILES string of the molecule is N#Cc1ccc(N2C[C@@H](C(N)=O)[C@H](C3CCN(Cc4cccnc4)CC3)C2)cc1C(F)(F)F. The van der Waals surface area contributed by atoms with E-state index in [9.17, 15) is 18.0 Å². The van der Waals surface area contributed by atoms with E-state index in [4.69, 9.17) is 11.0 Å². The Morgan fingerprint density at radius 1 is 1.21 bits per heavy atom. The number of hydrogen-bond donors (Lipinski definition) is 1. The average Bonchev–Trinajstić information content (AvgIpc) is 3.25. The standard InChI is InChI=1S/C24H26F3N5O/c25-24(26,27)22-10-19(4-3-18(22)11-28)32-14-20(21(15-32)23(29)33)17-5-8-31(9-6-17)13-16-2-1-7-30-12-16/h1-4,7,10,12,17,20-21H,5-6,8-9,13-15H2,(H2,29,33)/t20-,21+/m0/s1. The van der Waals surface area contributed by atoms with Gasteiger partial charge in [0.05, 0.1) is 23.1 Å². The number of piperidine rings is 1. The molecule has 2 saturated heterocycles. The first kappa shape index (κ1) is 23.1. The normalized spacial score (nSPS) is 22.3. The summed E-state index contributed by atoms with van der Waals surface area (Å²) in [6, 6.07) is 9.29. The minimum Gasteiger partial charge on any atom is -0.370 e. The smallest absolute Gasteiger partial charge is 0.370 e. The summed E-state index contributed by atoms with van der Waals surface area (Å²) in [7, 11) is 0. The first-order valence-corrected chi connectivity index (χ1v) is 11.0. The van der Waals surface area contributed by atoms with Gasteiger partial charge in [-0.3, -0.25) is 14.7 Å². The summed E-state index contributed by atoms with van der Waals surface area (Å²) in [5.74, 6) is -0.555. The third-order valence-electron chi connectivity index (χ3n) is 6.89. The number of nitrogens with zero attached hydrogens (tertiary/aromatic N) is 4. The van der Waals surface area contributed by atoms with Gasteiger partial charge in [0, 0.05) is 37.7 Å². The Labute approximate surface area is 190 Å². The molecule has 2 fully saturated rings. The van der Waals surface area contributed by atoms with Gasteiger partial charge in [0.15, 0.2) is 0 Å². The molecule has 3 heterocycles. The van der Waals surface area contributed by atoms with Crippen LogP contribution >= 0.6 is 0 Å². The number of alkyl halides is 3. The van der Waals surface area contributed by atoms with Crippen LogP contribution in [0, 0.1) is 29.1 Å². The maximum absolute atomic E-state index is 13.4. The van der Waals surface area contributed by atoms with Gasteiger partial charge in [-0.1, -0.05) is 6.07 Å². The number of rotatable bonds is 5. The molecular weight excluding hydrogens is 431 g/mol. The van der Waals surface area contributed by atoms with Gasteiger partial charge in [0.25, 0.3) is 0 Å². The van der Waals surface area contributed by atoms with E-state index in [1.165, 1.54) is 12.1 Å². The highest BCUT2D eigenvalue weighted by atomic mass is 19.4. The lowest BCUT2D eigenvalue weighted by Gasteiger charge is -2.36. The minimum atomic E-state index is -4.62. The number of pyridine rings is 1. The highest BCUT2D eigenvalue weighted by Gasteiger charge is 2.42. The van der Waals surface area contributed by atoms with Crippen LogP contribution in [-0.4, -0.2) is 42.0 Å². The Morgan fingerprint density at radius 3 is 2.58 bits per heavy atom. The van der Waals surface area contributed by atoms with Gasteiger partial charge in [0.1, 0.15) is 0 Å². The van der Waals surface area contributed by atoms with E-state index in [0.29, 0.717) is 18.8 Å². The van der Waals surface area contributed by atoms with E-state index in [1.54, 1.807) is 17.2 Å². The van der Waals surface area contributed by atoms with Crippen LogP contribution < -0.4 is 10.6 Å². The van der Waals surface area contributed by atoms with Gasteiger partial charge in [-0.2, -0.15) is 18.4 Å². The van der Waals surface area contributed by atoms with Crippen LogP contribution in [0.15, 0.2) is 42.7 Å². The average molecular weight is 458 g/mol. The molecule has 174 valence electrons. The zero-order valence-corrected chi connectivity index (χ0v) is 18.1. The maximum atomic E-state index is 13.4. The fourth-order valence-corrected chi connectivity index (χ4v) is 5.17. The summed E-state index contributed by atoms with van der Waals surface area (Å²) in [6.07, 6.45) is 0.797. The number of benzene rings is 1. The molecule has 0 aliphatic carbocycles. The second-order valence-electron chi connectivity index (χ2n) is 8.89. The molecular formula is C24H26F3N5O. The summed E-state index contributed by atoms with van der Waals surface area (Å²) >= 11 is 0. The lowest BCUT2D eigenvalue weighted by Crippen LogP contribution is -2.40. The van der Waals surface area contributed by atoms with Crippen LogP contribution in [0.1, 0.15) is 29.5 Å². The summed E-state index contributed by atoms with van der Waals surface area (Å²) in [5, 5.41) is 9.05. The third-order valence-corrected chi connectivity index (χ3v) is 6.89. The van der Waals surface area contributed by atoms with Crippen molar-refractivity contribution in [1.82, 2.24) is 9.88 Å². The fraction of sp³-hybridized carbons (Fsp3) is 0.458. The second kappa shape index (κ2) is 9.40. The van der Waals surface area contributed by atoms with Crippen LogP contribution in [0.5, 0.6) is 0 Å². The number of likely N-dealkylation sites (tertiary alicyclic amines) is 1. The van der Waals surface area contributed by atoms with Gasteiger partial charge in [-0.25, -0.2) is 0 Å². The number of halogens is 3. The Kier molecular flexibility index (Phi) is 6.56. The lowest BCUT2D eigenvalue weighted by atomic mass is 9.78. The zero-order chi connectivity index (χ0) is 23.6. The highest BCUT2D eigenvalue weighted by molar-refractivity contribution is 5.79. The maximum Gasteiger partial charge on any atom is 0.417 e. The Morgan fingerprint density at radius 2 is 1.97 bits per heavy atom. The van der Waals surface area contributed by atoms with Crippen molar-refractivity contribution in [2.45, 2.75) is 25.6 Å². The van der Waals surface area contributed by atoms with Crippen molar-refractivity contribution in [3.8, 4) is 6.07 Å². The molecule has 6 nitrogen and oxygen atoms in total. The quantitative estimate of drug-likeness (QED) is 0.744. The first-order chi connectivity index (χ1) is 15.8. The number of anilines is 1. The van der Waals surface area contributed by atoms with E-state index in [-0.39, 0.29) is 11.8 Å². The third kappa shape index (κ3) is 5.11. The molecule has 4 rings (SSSR count). The largest absolute Gasteiger partial charge is 0.417 e. The molecule has 2 aromatic rings. The van der Waals surface area contributed by atoms with Gasteiger partial charge >= 0.3 is 6.18 Å². The van der Waals surface area contributed by atoms with E-state index < -0.39 is 29.1 Å². The van der Waals surface area contributed by atoms with Crippen LogP contribution in [0.2, 0.25) is 0 Å². The number of aromatic nitrogens is 1. The second-order valence-corrected chi connectivity index (χ2v) is 8.89. The summed E-state index contributed by atoms with van der Waals surface area (Å²) in [6.45, 7) is 3.36. The molecule has 2 aliphatic rings. The molecule has 2 N–H and O–H groups in total. The van der Waals surface area contributed by atoms with Crippen molar-refractivity contribution >= 4 is 11.6 Å². The van der Waals surface area contributed by atoms with Crippen LogP contribution in [0.3, 0.4) is 0 Å². The van der Waals surface area contributed by atoms with E-state index in [1.807, 2.05) is 18.3 Å². The Hall–Kier alpha value is -3.12. The number of amides is 1. The molecule has 0 saturated carbocycles. The molecule has 0 unspecified atom stereocenters. The predicted molar refractivity (Wildman–Crippen MR) is 117 cm³/mol. The molecule has 0 radical (unpaired) electrons. The molecule has 0 spiro atoms. The van der Waals surface area contributed by atoms with Crippen molar-refractivity contribution < 1.29 is 18.0 Å². The van der Waals surface area contributed by atoms with E-state index in [0.717, 1.165) is 44.1 Å². The fourth-order valence-electron chi connectivity index (χ4n) is 5.17. The van der Waals surface area contributed by atoms with Crippen molar-refractivity contribution in [2.24, 2.45) is 23.5 Å². The molecule has 0 bridgehead atoms. The number of hydrogen-bond acceptors (Lipinski definition) is 5. The summed E-state index contributed by atoms with van der Waals surface area (Å²) in [4.78, 5) is 20.5. The van der Waals surface area contributed by atoms with Crippen molar-refractivity contribution in [1.29, 1.82) is 5.26 Å². The van der Waals surface area contributed by atoms with Crippen molar-refractivity contribution in [3.05, 3.63) is 59.4 Å². The molecule has 2 aliphatic heterocycles. The molecule has 2 atom stereocenters. The van der Waals surface area contributed by atoms with Gasteiger partial charge < -0.3 is 10.6 Å². The molecule has 33 heavy (non-hydrogen) atoms. The van der Waals surface area contributed by atoms with Crippen LogP contribution in [0.4, 0.5) is 18.9 Å². The monoisotopic (exact) mass is 457 g/mol. The highest BCUT2D eigenvalue weighted by Crippen LogP contribution is 2.40. The van der Waals surface area contributed by atoms with Crippen LogP contribution in [-0.2, 0) is 17.5 Å². The van der Waals surface area contributed by atoms with Crippen molar-refractivity contribution in [3.63, 3.8) is 0 Å².